The van der Waals surface area contributed by atoms with Gasteiger partial charge in [0.2, 0.25) is 0 Å². The lowest BCUT2D eigenvalue weighted by Gasteiger charge is -2.26. The molecular weight excluding hydrogens is 489 g/mol. The fourth-order valence-electron chi connectivity index (χ4n) is 4.33. The maximum absolute atomic E-state index is 13.4. The molecule has 1 aliphatic heterocycles. The molecule has 0 aliphatic carbocycles. The molecule has 0 unspecified atom stereocenters. The van der Waals surface area contributed by atoms with E-state index in [1.54, 1.807) is 7.11 Å². The third-order valence-electron chi connectivity index (χ3n) is 6.16. The Balaban J connectivity index is 1.38. The molecule has 1 N–H and O–H groups in total. The van der Waals surface area contributed by atoms with Gasteiger partial charge in [0.05, 0.1) is 19.4 Å². The minimum absolute atomic E-state index is 0.158. The second-order valence-electron chi connectivity index (χ2n) is 8.61. The van der Waals surface area contributed by atoms with E-state index in [-0.39, 0.29) is 11.3 Å². The van der Waals surface area contributed by atoms with Crippen LogP contribution >= 0.6 is 0 Å². The molecule has 0 radical (unpaired) electrons. The first-order valence-corrected chi connectivity index (χ1v) is 12.0. The summed E-state index contributed by atoms with van der Waals surface area (Å²) in [5, 5.41) is 3.04. The zero-order valence-corrected chi connectivity index (χ0v) is 20.5. The SMILES string of the molecule is COc1cccc(OCCCn2cc(/C=C3\C(=O)NC(=O)N(c4ccc(F)cc4)C3=O)c3ccccc32)c1. The van der Waals surface area contributed by atoms with Gasteiger partial charge in [-0.05, 0) is 55.0 Å². The standard InChI is InChI=1S/C29H24FN3O5/c1-37-22-6-4-7-23(17-22)38-15-5-14-32-18-19(24-8-2-3-9-26(24)32)16-25-27(34)31-29(36)33(28(25)35)21-12-10-20(30)11-13-21/h2-4,6-13,16-18H,5,14-15H2,1H3,(H,31,34,36)/b25-16+. The predicted molar refractivity (Wildman–Crippen MR) is 140 cm³/mol. The number of aryl methyl sites for hydroxylation is 1. The fraction of sp³-hybridized carbons (Fsp3) is 0.138. The number of halogens is 1. The molecule has 0 atom stereocenters. The normalized spacial score (nSPS) is 14.7. The number of anilines is 1. The van der Waals surface area contributed by atoms with Crippen LogP contribution in [0.2, 0.25) is 0 Å². The third-order valence-corrected chi connectivity index (χ3v) is 6.16. The molecule has 0 bridgehead atoms. The minimum Gasteiger partial charge on any atom is -0.497 e. The number of imide groups is 2. The Bertz CT molecular complexity index is 1560. The number of ether oxygens (including phenoxy) is 2. The summed E-state index contributed by atoms with van der Waals surface area (Å²) in [7, 11) is 1.60. The Morgan fingerprint density at radius 2 is 1.71 bits per heavy atom. The van der Waals surface area contributed by atoms with E-state index in [0.29, 0.717) is 30.9 Å². The van der Waals surface area contributed by atoms with Crippen molar-refractivity contribution >= 4 is 40.5 Å². The van der Waals surface area contributed by atoms with E-state index in [1.165, 1.54) is 18.2 Å². The van der Waals surface area contributed by atoms with Crippen molar-refractivity contribution in [2.45, 2.75) is 13.0 Å². The fourth-order valence-corrected chi connectivity index (χ4v) is 4.33. The summed E-state index contributed by atoms with van der Waals surface area (Å²) in [4.78, 5) is 39.1. The molecule has 3 aromatic carbocycles. The number of nitrogens with one attached hydrogen (secondary N) is 1. The summed E-state index contributed by atoms with van der Waals surface area (Å²) in [5.41, 5.74) is 1.54. The number of hydrogen-bond donors (Lipinski definition) is 1. The van der Waals surface area contributed by atoms with E-state index in [1.807, 2.05) is 59.3 Å². The van der Waals surface area contributed by atoms with Crippen molar-refractivity contribution in [3.8, 4) is 11.5 Å². The average molecular weight is 514 g/mol. The van der Waals surface area contributed by atoms with Gasteiger partial charge in [0.25, 0.3) is 11.8 Å². The van der Waals surface area contributed by atoms with Gasteiger partial charge in [-0.1, -0.05) is 24.3 Å². The maximum Gasteiger partial charge on any atom is 0.335 e. The Kier molecular flexibility index (Phi) is 6.90. The highest BCUT2D eigenvalue weighted by Gasteiger charge is 2.37. The van der Waals surface area contributed by atoms with Crippen LogP contribution in [0, 0.1) is 5.82 Å². The van der Waals surface area contributed by atoms with Gasteiger partial charge in [0.15, 0.2) is 0 Å². The Labute approximate surface area is 217 Å². The molecule has 2 heterocycles. The van der Waals surface area contributed by atoms with Crippen molar-refractivity contribution < 1.29 is 28.2 Å². The molecular formula is C29H24FN3O5. The number of fused-ring (bicyclic) bond motifs is 1. The zero-order valence-electron chi connectivity index (χ0n) is 20.5. The number of barbiturate groups is 1. The second kappa shape index (κ2) is 10.6. The van der Waals surface area contributed by atoms with E-state index in [9.17, 15) is 18.8 Å². The minimum atomic E-state index is -0.887. The highest BCUT2D eigenvalue weighted by molar-refractivity contribution is 6.39. The van der Waals surface area contributed by atoms with Crippen LogP contribution in [0.3, 0.4) is 0 Å². The first-order chi connectivity index (χ1) is 18.4. The van der Waals surface area contributed by atoms with Crippen LogP contribution in [0.1, 0.15) is 12.0 Å². The van der Waals surface area contributed by atoms with Crippen LogP contribution in [-0.2, 0) is 16.1 Å². The number of urea groups is 1. The van der Waals surface area contributed by atoms with Crippen molar-refractivity contribution in [2.75, 3.05) is 18.6 Å². The van der Waals surface area contributed by atoms with Crippen LogP contribution in [0.4, 0.5) is 14.9 Å². The molecule has 9 heteroatoms. The van der Waals surface area contributed by atoms with Crippen LogP contribution in [-0.4, -0.2) is 36.1 Å². The topological polar surface area (TPSA) is 89.9 Å². The number of nitrogens with zero attached hydrogens (tertiary/aromatic N) is 2. The molecule has 1 aromatic heterocycles. The number of methoxy groups -OCH3 is 1. The van der Waals surface area contributed by atoms with Gasteiger partial charge in [0.1, 0.15) is 22.9 Å². The highest BCUT2D eigenvalue weighted by atomic mass is 19.1. The lowest BCUT2D eigenvalue weighted by atomic mass is 10.1. The predicted octanol–water partition coefficient (Wildman–Crippen LogP) is 4.92. The highest BCUT2D eigenvalue weighted by Crippen LogP contribution is 2.27. The van der Waals surface area contributed by atoms with E-state index in [4.69, 9.17) is 9.47 Å². The first-order valence-electron chi connectivity index (χ1n) is 12.0. The van der Waals surface area contributed by atoms with Gasteiger partial charge >= 0.3 is 6.03 Å². The molecule has 0 saturated carbocycles. The molecule has 0 spiro atoms. The third kappa shape index (κ3) is 4.99. The molecule has 1 fully saturated rings. The van der Waals surface area contributed by atoms with Crippen molar-refractivity contribution in [1.82, 2.24) is 9.88 Å². The van der Waals surface area contributed by atoms with Gasteiger partial charge in [-0.3, -0.25) is 14.9 Å². The van der Waals surface area contributed by atoms with E-state index >= 15 is 0 Å². The summed E-state index contributed by atoms with van der Waals surface area (Å²) < 4.78 is 26.5. The number of para-hydroxylation sites is 1. The van der Waals surface area contributed by atoms with Gasteiger partial charge in [0, 0.05) is 35.3 Å². The maximum atomic E-state index is 13.4. The first kappa shape index (κ1) is 24.8. The van der Waals surface area contributed by atoms with Crippen LogP contribution in [0.5, 0.6) is 11.5 Å². The van der Waals surface area contributed by atoms with Gasteiger partial charge < -0.3 is 14.0 Å². The smallest absolute Gasteiger partial charge is 0.335 e. The van der Waals surface area contributed by atoms with E-state index in [2.05, 4.69) is 5.32 Å². The number of hydrogen-bond acceptors (Lipinski definition) is 5. The number of carbonyl (C=O) groups is 3. The van der Waals surface area contributed by atoms with E-state index < -0.39 is 23.7 Å². The number of benzene rings is 3. The van der Waals surface area contributed by atoms with Crippen molar-refractivity contribution in [3.05, 3.63) is 95.9 Å². The molecule has 1 saturated heterocycles. The summed E-state index contributed by atoms with van der Waals surface area (Å²) in [6, 6.07) is 19.0. The molecule has 192 valence electrons. The average Bonchev–Trinajstić information content (AvgIpc) is 3.27. The molecule has 5 rings (SSSR count). The van der Waals surface area contributed by atoms with Gasteiger partial charge in [-0.25, -0.2) is 14.1 Å². The Morgan fingerprint density at radius 3 is 2.50 bits per heavy atom. The molecule has 8 nitrogen and oxygen atoms in total. The molecule has 38 heavy (non-hydrogen) atoms. The van der Waals surface area contributed by atoms with Crippen molar-refractivity contribution in [1.29, 1.82) is 0 Å². The van der Waals surface area contributed by atoms with Crippen LogP contribution < -0.4 is 19.7 Å². The van der Waals surface area contributed by atoms with Crippen LogP contribution in [0.25, 0.3) is 17.0 Å². The monoisotopic (exact) mass is 513 g/mol. The van der Waals surface area contributed by atoms with Gasteiger partial charge in [-0.15, -0.1) is 0 Å². The molecule has 4 aromatic rings. The Morgan fingerprint density at radius 1 is 0.947 bits per heavy atom. The van der Waals surface area contributed by atoms with Crippen molar-refractivity contribution in [2.24, 2.45) is 0 Å². The van der Waals surface area contributed by atoms with Crippen LogP contribution in [0.15, 0.2) is 84.6 Å². The summed E-state index contributed by atoms with van der Waals surface area (Å²) in [6.45, 7) is 1.11. The number of rotatable bonds is 8. The summed E-state index contributed by atoms with van der Waals surface area (Å²) in [5.74, 6) is -0.644. The number of aromatic nitrogens is 1. The number of carbonyl (C=O) groups excluding carboxylic acids is 3. The largest absolute Gasteiger partial charge is 0.497 e. The van der Waals surface area contributed by atoms with Gasteiger partial charge in [-0.2, -0.15) is 0 Å². The number of amides is 4. The second-order valence-corrected chi connectivity index (χ2v) is 8.61. The Hall–Kier alpha value is -4.92. The summed E-state index contributed by atoms with van der Waals surface area (Å²) in [6.07, 6.45) is 4.05. The summed E-state index contributed by atoms with van der Waals surface area (Å²) >= 11 is 0. The van der Waals surface area contributed by atoms with Crippen molar-refractivity contribution in [3.63, 3.8) is 0 Å². The zero-order chi connectivity index (χ0) is 26.6. The lowest BCUT2D eigenvalue weighted by Crippen LogP contribution is -2.54. The molecule has 4 amide bonds. The lowest BCUT2D eigenvalue weighted by molar-refractivity contribution is -0.122. The quantitative estimate of drug-likeness (QED) is 0.205. The molecule has 1 aliphatic rings. The van der Waals surface area contributed by atoms with E-state index in [0.717, 1.165) is 33.7 Å².